The van der Waals surface area contributed by atoms with Gasteiger partial charge < -0.3 is 5.11 Å². The lowest BCUT2D eigenvalue weighted by Crippen LogP contribution is -1.83. The van der Waals surface area contributed by atoms with Crippen LogP contribution in [0.5, 0.6) is 0 Å². The van der Waals surface area contributed by atoms with Crippen LogP contribution in [-0.4, -0.2) is 5.11 Å². The molecule has 2 aromatic carbocycles. The van der Waals surface area contributed by atoms with E-state index in [2.05, 4.69) is 72.9 Å². The molecule has 20 heavy (non-hydrogen) atoms. The molecular formula is C16H17Br3O. The summed E-state index contributed by atoms with van der Waals surface area (Å²) in [5.41, 5.74) is 4.72. The molecule has 108 valence electrons. The molecule has 0 fully saturated rings. The first kappa shape index (κ1) is 17.9. The lowest BCUT2D eigenvalue weighted by molar-refractivity contribution is 0.281. The number of alkyl halides is 1. The molecule has 0 aliphatic rings. The topological polar surface area (TPSA) is 20.2 Å². The van der Waals surface area contributed by atoms with Crippen molar-refractivity contribution < 1.29 is 5.11 Å². The van der Waals surface area contributed by atoms with Gasteiger partial charge in [0.25, 0.3) is 0 Å². The third-order valence-corrected chi connectivity index (χ3v) is 4.10. The molecule has 0 aromatic heterocycles. The highest BCUT2D eigenvalue weighted by Crippen LogP contribution is 2.17. The molecule has 2 aromatic rings. The van der Waals surface area contributed by atoms with Crippen LogP contribution in [0.2, 0.25) is 0 Å². The molecule has 0 heterocycles. The van der Waals surface area contributed by atoms with E-state index >= 15 is 0 Å². The van der Waals surface area contributed by atoms with Crippen LogP contribution < -0.4 is 0 Å². The van der Waals surface area contributed by atoms with Crippen LogP contribution in [0.15, 0.2) is 45.3 Å². The Balaban J connectivity index is 0.000000200. The number of aliphatic hydroxyl groups excluding tert-OH is 1. The molecule has 0 saturated carbocycles. The van der Waals surface area contributed by atoms with Crippen molar-refractivity contribution in [3.8, 4) is 0 Å². The Bertz CT molecular complexity index is 476. The zero-order valence-electron chi connectivity index (χ0n) is 11.5. The van der Waals surface area contributed by atoms with Crippen LogP contribution in [0.1, 0.15) is 22.3 Å². The fourth-order valence-corrected chi connectivity index (χ4v) is 3.43. The molecule has 4 heteroatoms. The summed E-state index contributed by atoms with van der Waals surface area (Å²) < 4.78 is 2.18. The van der Waals surface area contributed by atoms with Gasteiger partial charge in [0.05, 0.1) is 6.61 Å². The average molecular weight is 465 g/mol. The van der Waals surface area contributed by atoms with E-state index in [4.69, 9.17) is 5.11 Å². The molecule has 0 amide bonds. The van der Waals surface area contributed by atoms with Crippen molar-refractivity contribution in [3.63, 3.8) is 0 Å². The maximum Gasteiger partial charge on any atom is 0.0682 e. The lowest BCUT2D eigenvalue weighted by atomic mass is 10.1. The average Bonchev–Trinajstić information content (AvgIpc) is 2.37. The lowest BCUT2D eigenvalue weighted by Gasteiger charge is -1.98. The van der Waals surface area contributed by atoms with Crippen LogP contribution in [0, 0.1) is 13.8 Å². The van der Waals surface area contributed by atoms with E-state index in [1.54, 1.807) is 0 Å². The monoisotopic (exact) mass is 462 g/mol. The molecule has 0 bridgehead atoms. The summed E-state index contributed by atoms with van der Waals surface area (Å²) >= 11 is 10.2. The van der Waals surface area contributed by atoms with Gasteiger partial charge in [0.2, 0.25) is 0 Å². The molecule has 2 rings (SSSR count). The molecule has 0 atom stereocenters. The predicted octanol–water partition coefficient (Wildman–Crippen LogP) is 5.90. The Hall–Kier alpha value is -0.160. The number of hydrogen-bond acceptors (Lipinski definition) is 1. The molecule has 0 spiro atoms. The molecule has 0 unspecified atom stereocenters. The van der Waals surface area contributed by atoms with Crippen molar-refractivity contribution >= 4 is 47.8 Å². The Morgan fingerprint density at radius 3 is 1.65 bits per heavy atom. The van der Waals surface area contributed by atoms with Gasteiger partial charge in [0, 0.05) is 14.3 Å². The number of benzene rings is 2. The van der Waals surface area contributed by atoms with Crippen LogP contribution in [-0.2, 0) is 11.9 Å². The first-order valence-electron chi connectivity index (χ1n) is 6.13. The van der Waals surface area contributed by atoms with Crippen molar-refractivity contribution in [1.82, 2.24) is 0 Å². The van der Waals surface area contributed by atoms with Crippen LogP contribution in [0.3, 0.4) is 0 Å². The molecule has 0 aliphatic heterocycles. The largest absolute Gasteiger partial charge is 0.392 e. The van der Waals surface area contributed by atoms with Gasteiger partial charge in [-0.05, 0) is 60.4 Å². The van der Waals surface area contributed by atoms with Crippen LogP contribution >= 0.6 is 47.8 Å². The van der Waals surface area contributed by atoms with E-state index < -0.39 is 0 Å². The van der Waals surface area contributed by atoms with E-state index in [9.17, 15) is 0 Å². The minimum atomic E-state index is 0.111. The van der Waals surface area contributed by atoms with Crippen molar-refractivity contribution in [2.24, 2.45) is 0 Å². The van der Waals surface area contributed by atoms with Crippen molar-refractivity contribution in [2.45, 2.75) is 25.8 Å². The Morgan fingerprint density at radius 1 is 0.800 bits per heavy atom. The normalized spacial score (nSPS) is 9.90. The van der Waals surface area contributed by atoms with Gasteiger partial charge in [-0.2, -0.15) is 0 Å². The number of aryl methyl sites for hydroxylation is 2. The fourth-order valence-electron chi connectivity index (χ4n) is 1.79. The number of rotatable bonds is 2. The number of aliphatic hydroxyl groups is 1. The van der Waals surface area contributed by atoms with Crippen LogP contribution in [0.25, 0.3) is 0 Å². The first-order chi connectivity index (χ1) is 9.44. The predicted molar refractivity (Wildman–Crippen MR) is 96.3 cm³/mol. The van der Waals surface area contributed by atoms with E-state index in [0.717, 1.165) is 19.8 Å². The Morgan fingerprint density at radius 2 is 1.25 bits per heavy atom. The molecule has 0 aliphatic carbocycles. The molecule has 1 N–H and O–H groups in total. The van der Waals surface area contributed by atoms with Gasteiger partial charge in [0.1, 0.15) is 0 Å². The number of hydrogen-bond donors (Lipinski definition) is 1. The summed E-state index contributed by atoms with van der Waals surface area (Å²) in [5, 5.41) is 9.69. The molecule has 1 nitrogen and oxygen atoms in total. The van der Waals surface area contributed by atoms with Crippen molar-refractivity contribution in [1.29, 1.82) is 0 Å². The highest BCUT2D eigenvalue weighted by Gasteiger charge is 1.94. The van der Waals surface area contributed by atoms with Gasteiger partial charge in [-0.25, -0.2) is 0 Å². The first-order valence-corrected chi connectivity index (χ1v) is 8.84. The second-order valence-electron chi connectivity index (χ2n) is 4.57. The second kappa shape index (κ2) is 8.98. The summed E-state index contributed by atoms with van der Waals surface area (Å²) in [6, 6.07) is 12.3. The van der Waals surface area contributed by atoms with E-state index in [0.29, 0.717) is 0 Å². The van der Waals surface area contributed by atoms with Gasteiger partial charge >= 0.3 is 0 Å². The van der Waals surface area contributed by atoms with Gasteiger partial charge in [-0.3, -0.25) is 0 Å². The van der Waals surface area contributed by atoms with Gasteiger partial charge in [-0.1, -0.05) is 59.9 Å². The van der Waals surface area contributed by atoms with E-state index in [1.807, 2.05) is 25.1 Å². The smallest absolute Gasteiger partial charge is 0.0682 e. The maximum absolute atomic E-state index is 8.77. The summed E-state index contributed by atoms with van der Waals surface area (Å²) in [6.07, 6.45) is 0. The minimum Gasteiger partial charge on any atom is -0.392 e. The zero-order valence-corrected chi connectivity index (χ0v) is 16.2. The SMILES string of the molecule is Cc1cc(Br)cc(CBr)c1.Cc1cc(Br)cc(CO)c1. The number of halogens is 3. The third-order valence-electron chi connectivity index (χ3n) is 2.54. The molecular weight excluding hydrogens is 448 g/mol. The fraction of sp³-hybridized carbons (Fsp3) is 0.250. The molecule has 0 saturated heterocycles. The standard InChI is InChI=1S/C8H8Br2.C8H9BrO/c1-6-2-7(5-9)4-8(10)3-6;1-6-2-7(5-10)4-8(9)3-6/h2-4H,5H2,1H3;2-4,10H,5H2,1H3. The van der Waals surface area contributed by atoms with Crippen molar-refractivity contribution in [3.05, 3.63) is 67.6 Å². The third kappa shape index (κ3) is 6.53. The van der Waals surface area contributed by atoms with E-state index in [-0.39, 0.29) is 6.61 Å². The van der Waals surface area contributed by atoms with E-state index in [1.165, 1.54) is 16.7 Å². The summed E-state index contributed by atoms with van der Waals surface area (Å²) in [7, 11) is 0. The van der Waals surface area contributed by atoms with Crippen molar-refractivity contribution in [2.75, 3.05) is 0 Å². The van der Waals surface area contributed by atoms with Gasteiger partial charge in [0.15, 0.2) is 0 Å². The highest BCUT2D eigenvalue weighted by molar-refractivity contribution is 9.10. The van der Waals surface area contributed by atoms with Crippen LogP contribution in [0.4, 0.5) is 0 Å². The quantitative estimate of drug-likeness (QED) is 0.548. The summed E-state index contributed by atoms with van der Waals surface area (Å²) in [6.45, 7) is 4.21. The van der Waals surface area contributed by atoms with Gasteiger partial charge in [-0.15, -0.1) is 0 Å². The highest BCUT2D eigenvalue weighted by atomic mass is 79.9. The summed E-state index contributed by atoms with van der Waals surface area (Å²) in [5.74, 6) is 0. The summed E-state index contributed by atoms with van der Waals surface area (Å²) in [4.78, 5) is 0. The molecule has 0 radical (unpaired) electrons. The minimum absolute atomic E-state index is 0.111. The zero-order chi connectivity index (χ0) is 15.1. The Labute approximate surface area is 145 Å². The Kier molecular flexibility index (Phi) is 8.03. The maximum atomic E-state index is 8.77. The second-order valence-corrected chi connectivity index (χ2v) is 6.96.